The van der Waals surface area contributed by atoms with Crippen molar-refractivity contribution in [2.75, 3.05) is 0 Å². The van der Waals surface area contributed by atoms with Crippen LogP contribution in [0.3, 0.4) is 0 Å². The molecular weight excluding hydrogens is 136 g/mol. The Morgan fingerprint density at radius 2 is 2.20 bits per heavy atom. The van der Waals surface area contributed by atoms with Gasteiger partial charge >= 0.3 is 0 Å². The number of hydrogen-bond donors (Lipinski definition) is 0. The molecule has 10 heavy (non-hydrogen) atoms. The lowest BCUT2D eigenvalue weighted by molar-refractivity contribution is 0.151. The average Bonchev–Trinajstić information content (AvgIpc) is 1.88. The topological polar surface area (TPSA) is 12.9 Å². The summed E-state index contributed by atoms with van der Waals surface area (Å²) in [6.45, 7) is 1.69. The smallest absolute Gasteiger partial charge is 0.262 e. The molecule has 3 heteroatoms. The quantitative estimate of drug-likeness (QED) is 0.587. The molecule has 0 fully saturated rings. The molecule has 0 aliphatic carbocycles. The van der Waals surface area contributed by atoms with Crippen molar-refractivity contribution < 1.29 is 8.78 Å². The number of rotatable bonds is 1. The van der Waals surface area contributed by atoms with Gasteiger partial charge in [-0.3, -0.25) is 4.98 Å². The first-order valence-corrected chi connectivity index (χ1v) is 2.91. The fraction of sp³-hybridized carbons (Fsp3) is 0.286. The monoisotopic (exact) mass is 143 g/mol. The molecule has 0 spiro atoms. The first-order valence-electron chi connectivity index (χ1n) is 2.91. The average molecular weight is 143 g/mol. The zero-order valence-electron chi connectivity index (χ0n) is 5.51. The van der Waals surface area contributed by atoms with Crippen LogP contribution in [0.5, 0.6) is 0 Å². The van der Waals surface area contributed by atoms with Crippen LogP contribution in [0.2, 0.25) is 0 Å². The zero-order chi connectivity index (χ0) is 7.56. The predicted molar refractivity (Wildman–Crippen MR) is 33.9 cm³/mol. The van der Waals surface area contributed by atoms with E-state index in [2.05, 4.69) is 4.98 Å². The molecule has 1 aromatic heterocycles. The Kier molecular flexibility index (Phi) is 1.94. The normalized spacial score (nSPS) is 10.4. The molecule has 0 N–H and O–H groups in total. The van der Waals surface area contributed by atoms with E-state index in [0.717, 1.165) is 0 Å². The second-order valence-corrected chi connectivity index (χ2v) is 2.03. The fourth-order valence-electron chi connectivity index (χ4n) is 0.703. The third kappa shape index (κ3) is 1.50. The molecule has 0 unspecified atom stereocenters. The Hall–Kier alpha value is -0.990. The summed E-state index contributed by atoms with van der Waals surface area (Å²) in [6.07, 6.45) is -1.00. The van der Waals surface area contributed by atoms with Gasteiger partial charge < -0.3 is 0 Å². The molecule has 0 amide bonds. The summed E-state index contributed by atoms with van der Waals surface area (Å²) >= 11 is 0. The van der Waals surface area contributed by atoms with Gasteiger partial charge in [-0.05, 0) is 19.1 Å². The molecule has 0 radical (unpaired) electrons. The highest BCUT2D eigenvalue weighted by Crippen LogP contribution is 2.17. The Morgan fingerprint density at radius 1 is 1.50 bits per heavy atom. The Labute approximate surface area is 57.7 Å². The SMILES string of the molecule is Cc1cc(C(F)F)ccn1. The fourth-order valence-corrected chi connectivity index (χ4v) is 0.703. The zero-order valence-corrected chi connectivity index (χ0v) is 5.51. The van der Waals surface area contributed by atoms with E-state index in [1.807, 2.05) is 0 Å². The van der Waals surface area contributed by atoms with Crippen molar-refractivity contribution in [3.8, 4) is 0 Å². The maximum absolute atomic E-state index is 11.9. The first-order chi connectivity index (χ1) is 4.70. The van der Waals surface area contributed by atoms with Crippen molar-refractivity contribution in [3.05, 3.63) is 29.6 Å². The van der Waals surface area contributed by atoms with Crippen molar-refractivity contribution in [2.45, 2.75) is 13.3 Å². The van der Waals surface area contributed by atoms with E-state index < -0.39 is 6.43 Å². The van der Waals surface area contributed by atoms with Crippen molar-refractivity contribution in [1.82, 2.24) is 4.98 Å². The Bertz CT molecular complexity index is 223. The van der Waals surface area contributed by atoms with E-state index in [1.54, 1.807) is 6.92 Å². The molecule has 0 saturated carbocycles. The van der Waals surface area contributed by atoms with Gasteiger partial charge in [0.05, 0.1) is 0 Å². The second kappa shape index (κ2) is 2.73. The number of nitrogens with zero attached hydrogens (tertiary/aromatic N) is 1. The minimum atomic E-state index is -2.39. The van der Waals surface area contributed by atoms with Crippen LogP contribution in [-0.2, 0) is 0 Å². The minimum Gasteiger partial charge on any atom is -0.262 e. The molecule has 1 aromatic rings. The third-order valence-electron chi connectivity index (χ3n) is 1.17. The molecule has 0 saturated heterocycles. The van der Waals surface area contributed by atoms with E-state index in [-0.39, 0.29) is 5.56 Å². The van der Waals surface area contributed by atoms with Crippen molar-refractivity contribution in [1.29, 1.82) is 0 Å². The number of hydrogen-bond acceptors (Lipinski definition) is 1. The summed E-state index contributed by atoms with van der Waals surface area (Å²) in [5.74, 6) is 0. The third-order valence-corrected chi connectivity index (χ3v) is 1.17. The summed E-state index contributed by atoms with van der Waals surface area (Å²) in [5, 5.41) is 0. The lowest BCUT2D eigenvalue weighted by Crippen LogP contribution is -1.86. The van der Waals surface area contributed by atoms with E-state index in [0.29, 0.717) is 5.69 Å². The lowest BCUT2D eigenvalue weighted by Gasteiger charge is -1.97. The molecule has 0 aliphatic heterocycles. The van der Waals surface area contributed by atoms with Gasteiger partial charge in [0.1, 0.15) is 0 Å². The minimum absolute atomic E-state index is 0.0347. The molecule has 0 aliphatic rings. The Morgan fingerprint density at radius 3 is 2.60 bits per heavy atom. The molecule has 0 aromatic carbocycles. The molecule has 54 valence electrons. The van der Waals surface area contributed by atoms with E-state index in [9.17, 15) is 8.78 Å². The first kappa shape index (κ1) is 7.12. The Balaban J connectivity index is 2.96. The summed E-state index contributed by atoms with van der Waals surface area (Å²) in [7, 11) is 0. The van der Waals surface area contributed by atoms with Crippen LogP contribution in [0.25, 0.3) is 0 Å². The van der Waals surface area contributed by atoms with Gasteiger partial charge in [-0.15, -0.1) is 0 Å². The molecule has 0 atom stereocenters. The van der Waals surface area contributed by atoms with Crippen molar-refractivity contribution >= 4 is 0 Å². The summed E-state index contributed by atoms with van der Waals surface area (Å²) < 4.78 is 23.8. The maximum Gasteiger partial charge on any atom is 0.263 e. The van der Waals surface area contributed by atoms with Crippen LogP contribution in [0.4, 0.5) is 8.78 Å². The number of aromatic nitrogens is 1. The van der Waals surface area contributed by atoms with Gasteiger partial charge in [-0.2, -0.15) is 0 Å². The van der Waals surface area contributed by atoms with Crippen LogP contribution in [-0.4, -0.2) is 4.98 Å². The van der Waals surface area contributed by atoms with Crippen molar-refractivity contribution in [3.63, 3.8) is 0 Å². The standard InChI is InChI=1S/C7H7F2N/c1-5-4-6(7(8)9)2-3-10-5/h2-4,7H,1H3. The molecule has 0 bridgehead atoms. The summed E-state index contributed by atoms with van der Waals surface area (Å²) in [6, 6.07) is 2.70. The van der Waals surface area contributed by atoms with E-state index in [4.69, 9.17) is 0 Å². The highest BCUT2D eigenvalue weighted by atomic mass is 19.3. The largest absolute Gasteiger partial charge is 0.263 e. The van der Waals surface area contributed by atoms with Crippen LogP contribution in [0, 0.1) is 6.92 Å². The second-order valence-electron chi connectivity index (χ2n) is 2.03. The number of pyridine rings is 1. The predicted octanol–water partition coefficient (Wildman–Crippen LogP) is 2.33. The lowest BCUT2D eigenvalue weighted by atomic mass is 10.2. The van der Waals surface area contributed by atoms with Gasteiger partial charge in [0, 0.05) is 17.5 Å². The van der Waals surface area contributed by atoms with Gasteiger partial charge in [0.15, 0.2) is 0 Å². The van der Waals surface area contributed by atoms with E-state index in [1.165, 1.54) is 18.3 Å². The number of halogens is 2. The summed E-state index contributed by atoms with van der Waals surface area (Å²) in [5.41, 5.74) is 0.658. The summed E-state index contributed by atoms with van der Waals surface area (Å²) in [4.78, 5) is 3.79. The number of alkyl halides is 2. The number of aryl methyl sites for hydroxylation is 1. The molecule has 1 nitrogen and oxygen atoms in total. The van der Waals surface area contributed by atoms with Gasteiger partial charge in [0.2, 0.25) is 0 Å². The van der Waals surface area contributed by atoms with Crippen LogP contribution in [0.1, 0.15) is 17.7 Å². The van der Waals surface area contributed by atoms with Crippen LogP contribution < -0.4 is 0 Å². The highest BCUT2D eigenvalue weighted by Gasteiger charge is 2.05. The molecular formula is C7H7F2N. The maximum atomic E-state index is 11.9. The van der Waals surface area contributed by atoms with Crippen LogP contribution >= 0.6 is 0 Å². The molecule has 1 heterocycles. The van der Waals surface area contributed by atoms with Crippen molar-refractivity contribution in [2.24, 2.45) is 0 Å². The van der Waals surface area contributed by atoms with Gasteiger partial charge in [-0.25, -0.2) is 8.78 Å². The molecule has 1 rings (SSSR count). The van der Waals surface area contributed by atoms with E-state index >= 15 is 0 Å². The van der Waals surface area contributed by atoms with Crippen LogP contribution in [0.15, 0.2) is 18.3 Å². The highest BCUT2D eigenvalue weighted by molar-refractivity contribution is 5.16. The van der Waals surface area contributed by atoms with Gasteiger partial charge in [-0.1, -0.05) is 0 Å². The van der Waals surface area contributed by atoms with Gasteiger partial charge in [0.25, 0.3) is 6.43 Å².